The Kier molecular flexibility index (Phi) is 5.99. The normalized spacial score (nSPS) is 18.9. The first-order chi connectivity index (χ1) is 10.8. The lowest BCUT2D eigenvalue weighted by Gasteiger charge is -2.19. The molecule has 0 unspecified atom stereocenters. The molecule has 0 radical (unpaired) electrons. The van der Waals surface area contributed by atoms with Gasteiger partial charge in [0.2, 0.25) is 0 Å². The van der Waals surface area contributed by atoms with Crippen molar-refractivity contribution in [1.29, 1.82) is 0 Å². The lowest BCUT2D eigenvalue weighted by atomic mass is 10.1. The molecule has 0 bridgehead atoms. The SMILES string of the molecule is CC(C)(C)OC(=O)NCCc1ccc(CN2CC[C@H](F)C2)cc1. The molecule has 2 rings (SSSR count). The standard InChI is InChI=1S/C18H27FN2O2/c1-18(2,3)23-17(22)20-10-8-14-4-6-15(7-5-14)12-21-11-9-16(19)13-21/h4-7,16H,8-13H2,1-3H3,(H,20,22)/t16-/m0/s1. The van der Waals surface area contributed by atoms with Crippen molar-refractivity contribution in [3.05, 3.63) is 35.4 Å². The van der Waals surface area contributed by atoms with Gasteiger partial charge in [-0.3, -0.25) is 4.90 Å². The molecule has 1 saturated heterocycles. The molecule has 1 atom stereocenters. The summed E-state index contributed by atoms with van der Waals surface area (Å²) in [7, 11) is 0. The van der Waals surface area contributed by atoms with Crippen LogP contribution in [0.1, 0.15) is 38.3 Å². The van der Waals surface area contributed by atoms with Crippen LogP contribution in [0.5, 0.6) is 0 Å². The van der Waals surface area contributed by atoms with Crippen LogP contribution in [0.3, 0.4) is 0 Å². The number of halogens is 1. The van der Waals surface area contributed by atoms with Gasteiger partial charge >= 0.3 is 6.09 Å². The van der Waals surface area contributed by atoms with E-state index in [0.29, 0.717) is 19.5 Å². The van der Waals surface area contributed by atoms with Crippen molar-refractivity contribution < 1.29 is 13.9 Å². The van der Waals surface area contributed by atoms with Gasteiger partial charge in [-0.25, -0.2) is 9.18 Å². The number of likely N-dealkylation sites (tertiary alicyclic amines) is 1. The van der Waals surface area contributed by atoms with Gasteiger partial charge < -0.3 is 10.1 Å². The zero-order valence-electron chi connectivity index (χ0n) is 14.3. The van der Waals surface area contributed by atoms with Crippen LogP contribution in [0.4, 0.5) is 9.18 Å². The molecule has 0 saturated carbocycles. The van der Waals surface area contributed by atoms with Crippen LogP contribution in [0.25, 0.3) is 0 Å². The highest BCUT2D eigenvalue weighted by Gasteiger charge is 2.21. The summed E-state index contributed by atoms with van der Waals surface area (Å²) >= 11 is 0. The number of benzene rings is 1. The van der Waals surface area contributed by atoms with E-state index in [1.54, 1.807) is 0 Å². The fourth-order valence-corrected chi connectivity index (χ4v) is 2.62. The molecule has 1 fully saturated rings. The summed E-state index contributed by atoms with van der Waals surface area (Å²) in [6, 6.07) is 8.28. The number of nitrogens with one attached hydrogen (secondary N) is 1. The molecule has 1 aliphatic heterocycles. The highest BCUT2D eigenvalue weighted by Crippen LogP contribution is 2.16. The van der Waals surface area contributed by atoms with Crippen molar-refractivity contribution in [2.24, 2.45) is 0 Å². The number of carbonyl (C=O) groups is 1. The number of amides is 1. The van der Waals surface area contributed by atoms with E-state index in [9.17, 15) is 9.18 Å². The first kappa shape index (κ1) is 17.7. The summed E-state index contributed by atoms with van der Waals surface area (Å²) in [6.07, 6.45) is 0.349. The van der Waals surface area contributed by atoms with Gasteiger partial charge in [0, 0.05) is 26.2 Å². The minimum Gasteiger partial charge on any atom is -0.444 e. The molecule has 0 aromatic heterocycles. The molecule has 128 valence electrons. The molecule has 4 nitrogen and oxygen atoms in total. The highest BCUT2D eigenvalue weighted by atomic mass is 19.1. The summed E-state index contributed by atoms with van der Waals surface area (Å²) in [5.41, 5.74) is 1.89. The number of rotatable bonds is 5. The summed E-state index contributed by atoms with van der Waals surface area (Å²) < 4.78 is 18.4. The van der Waals surface area contributed by atoms with Gasteiger partial charge in [0.25, 0.3) is 0 Å². The Labute approximate surface area is 138 Å². The largest absolute Gasteiger partial charge is 0.444 e. The smallest absolute Gasteiger partial charge is 0.407 e. The third-order valence-electron chi connectivity index (χ3n) is 3.73. The zero-order chi connectivity index (χ0) is 16.9. The van der Waals surface area contributed by atoms with Gasteiger partial charge in [0.1, 0.15) is 11.8 Å². The predicted molar refractivity (Wildman–Crippen MR) is 89.2 cm³/mol. The van der Waals surface area contributed by atoms with Gasteiger partial charge in [-0.1, -0.05) is 24.3 Å². The molecule has 0 aliphatic carbocycles. The number of alkyl carbamates (subject to hydrolysis) is 1. The Balaban J connectivity index is 1.71. The molecule has 1 aromatic carbocycles. The summed E-state index contributed by atoms with van der Waals surface area (Å²) in [5, 5.41) is 2.75. The molecule has 0 spiro atoms. The average Bonchev–Trinajstić information content (AvgIpc) is 2.84. The fourth-order valence-electron chi connectivity index (χ4n) is 2.62. The maximum absolute atomic E-state index is 13.2. The molecule has 1 N–H and O–H groups in total. The molecule has 1 amide bonds. The first-order valence-electron chi connectivity index (χ1n) is 8.23. The van der Waals surface area contributed by atoms with Crippen molar-refractivity contribution in [2.75, 3.05) is 19.6 Å². The van der Waals surface area contributed by atoms with Gasteiger partial charge in [0.05, 0.1) is 0 Å². The lowest BCUT2D eigenvalue weighted by molar-refractivity contribution is 0.0528. The molecule has 23 heavy (non-hydrogen) atoms. The molecular weight excluding hydrogens is 295 g/mol. The van der Waals surface area contributed by atoms with Gasteiger partial charge in [-0.05, 0) is 44.7 Å². The van der Waals surface area contributed by atoms with E-state index in [1.165, 1.54) is 5.56 Å². The van der Waals surface area contributed by atoms with E-state index in [-0.39, 0.29) is 6.09 Å². The van der Waals surface area contributed by atoms with E-state index < -0.39 is 11.8 Å². The van der Waals surface area contributed by atoms with Crippen molar-refractivity contribution in [3.8, 4) is 0 Å². The van der Waals surface area contributed by atoms with Crippen LogP contribution >= 0.6 is 0 Å². The first-order valence-corrected chi connectivity index (χ1v) is 8.23. The van der Waals surface area contributed by atoms with Gasteiger partial charge in [-0.2, -0.15) is 0 Å². The molecule has 1 aliphatic rings. The van der Waals surface area contributed by atoms with Crippen LogP contribution in [0.15, 0.2) is 24.3 Å². The summed E-state index contributed by atoms with van der Waals surface area (Å²) in [4.78, 5) is 13.7. The third-order valence-corrected chi connectivity index (χ3v) is 3.73. The van der Waals surface area contributed by atoms with Crippen LogP contribution in [-0.2, 0) is 17.7 Å². The minimum absolute atomic E-state index is 0.385. The average molecular weight is 322 g/mol. The number of hydrogen-bond donors (Lipinski definition) is 1. The second kappa shape index (κ2) is 7.77. The quantitative estimate of drug-likeness (QED) is 0.904. The molecular formula is C18H27FN2O2. The Morgan fingerprint density at radius 2 is 1.96 bits per heavy atom. The monoisotopic (exact) mass is 322 g/mol. The zero-order valence-corrected chi connectivity index (χ0v) is 14.3. The number of hydrogen-bond acceptors (Lipinski definition) is 3. The van der Waals surface area contributed by atoms with Crippen LogP contribution in [0.2, 0.25) is 0 Å². The molecule has 5 heteroatoms. The topological polar surface area (TPSA) is 41.6 Å². The molecule has 1 aromatic rings. The van der Waals surface area contributed by atoms with Crippen molar-refractivity contribution in [1.82, 2.24) is 10.2 Å². The number of alkyl halides is 1. The van der Waals surface area contributed by atoms with Crippen molar-refractivity contribution >= 4 is 6.09 Å². The highest BCUT2D eigenvalue weighted by molar-refractivity contribution is 5.67. The van der Waals surface area contributed by atoms with Crippen LogP contribution in [0, 0.1) is 0 Å². The van der Waals surface area contributed by atoms with E-state index in [1.807, 2.05) is 20.8 Å². The second-order valence-corrected chi connectivity index (χ2v) is 7.12. The van der Waals surface area contributed by atoms with E-state index in [4.69, 9.17) is 4.74 Å². The van der Waals surface area contributed by atoms with E-state index in [0.717, 1.165) is 25.1 Å². The Morgan fingerprint density at radius 3 is 2.52 bits per heavy atom. The number of ether oxygens (including phenoxy) is 1. The fraction of sp³-hybridized carbons (Fsp3) is 0.611. The summed E-state index contributed by atoms with van der Waals surface area (Å²) in [5.74, 6) is 0. The predicted octanol–water partition coefficient (Wildman–Crippen LogP) is 3.30. The maximum Gasteiger partial charge on any atom is 0.407 e. The van der Waals surface area contributed by atoms with Crippen LogP contribution < -0.4 is 5.32 Å². The Bertz CT molecular complexity index is 511. The second-order valence-electron chi connectivity index (χ2n) is 7.12. The van der Waals surface area contributed by atoms with E-state index in [2.05, 4.69) is 34.5 Å². The van der Waals surface area contributed by atoms with Crippen molar-refractivity contribution in [3.63, 3.8) is 0 Å². The van der Waals surface area contributed by atoms with Gasteiger partial charge in [-0.15, -0.1) is 0 Å². The van der Waals surface area contributed by atoms with Gasteiger partial charge in [0.15, 0.2) is 0 Å². The Morgan fingerprint density at radius 1 is 1.30 bits per heavy atom. The number of nitrogens with zero attached hydrogens (tertiary/aromatic N) is 1. The maximum atomic E-state index is 13.2. The third kappa shape index (κ3) is 6.57. The lowest BCUT2D eigenvalue weighted by Crippen LogP contribution is -2.33. The van der Waals surface area contributed by atoms with E-state index >= 15 is 0 Å². The van der Waals surface area contributed by atoms with Crippen molar-refractivity contribution in [2.45, 2.75) is 51.9 Å². The Hall–Kier alpha value is -1.62. The van der Waals surface area contributed by atoms with Crippen LogP contribution in [-0.4, -0.2) is 42.4 Å². The minimum atomic E-state index is -0.673. The number of carbonyl (C=O) groups excluding carboxylic acids is 1. The molecule has 1 heterocycles. The summed E-state index contributed by atoms with van der Waals surface area (Å²) in [6.45, 7) is 8.26.